The Bertz CT molecular complexity index is 1070. The maximum Gasteiger partial charge on any atom is 0.240 e. The topological polar surface area (TPSA) is 81.1 Å². The fourth-order valence-electron chi connectivity index (χ4n) is 3.22. The molecule has 0 saturated heterocycles. The number of anilines is 1. The van der Waals surface area contributed by atoms with Gasteiger partial charge in [-0.25, -0.2) is 4.68 Å². The van der Waals surface area contributed by atoms with Gasteiger partial charge in [-0.05, 0) is 65.2 Å². The molecule has 0 aliphatic carbocycles. The number of nitrogens with one attached hydrogen (secondary N) is 2. The lowest BCUT2D eigenvalue weighted by Crippen LogP contribution is -2.41. The molecule has 1 aliphatic rings. The molecule has 4 rings (SSSR count). The van der Waals surface area contributed by atoms with Crippen molar-refractivity contribution in [3.8, 4) is 5.75 Å². The van der Waals surface area contributed by atoms with E-state index in [0.29, 0.717) is 5.16 Å². The van der Waals surface area contributed by atoms with E-state index in [4.69, 9.17) is 4.74 Å². The summed E-state index contributed by atoms with van der Waals surface area (Å²) in [7, 11) is 1.62. The number of hydrogen-bond donors (Lipinski definition) is 2. The van der Waals surface area contributed by atoms with Crippen LogP contribution in [0.2, 0.25) is 0 Å². The Kier molecular flexibility index (Phi) is 5.51. The fourth-order valence-corrected chi connectivity index (χ4v) is 4.91. The molecular weight excluding hydrogens is 454 g/mol. The lowest BCUT2D eigenvalue weighted by Gasteiger charge is -2.33. The van der Waals surface area contributed by atoms with Gasteiger partial charge in [-0.2, -0.15) is 0 Å². The lowest BCUT2D eigenvalue weighted by atomic mass is 10.0. The van der Waals surface area contributed by atoms with Gasteiger partial charge in [0.25, 0.3) is 0 Å². The number of rotatable bonds is 4. The van der Waals surface area contributed by atoms with Crippen molar-refractivity contribution in [2.24, 2.45) is 0 Å². The van der Waals surface area contributed by atoms with Crippen molar-refractivity contribution >= 4 is 39.3 Å². The third-order valence-electron chi connectivity index (χ3n) is 4.68. The molecule has 2 heterocycles. The van der Waals surface area contributed by atoms with Crippen LogP contribution < -0.4 is 15.5 Å². The molecule has 0 radical (unpaired) electrons. The van der Waals surface area contributed by atoms with Crippen LogP contribution >= 0.6 is 27.7 Å². The van der Waals surface area contributed by atoms with Crippen LogP contribution in [0.25, 0.3) is 0 Å². The number of ether oxygens (including phenoxy) is 1. The van der Waals surface area contributed by atoms with Crippen LogP contribution in [-0.2, 0) is 4.79 Å². The molecule has 0 spiro atoms. The number of halogens is 1. The van der Waals surface area contributed by atoms with Gasteiger partial charge in [-0.15, -0.1) is 10.2 Å². The summed E-state index contributed by atoms with van der Waals surface area (Å²) < 4.78 is 7.99. The number of hydrogen-bond acceptors (Lipinski definition) is 6. The van der Waals surface area contributed by atoms with Crippen molar-refractivity contribution in [1.29, 1.82) is 0 Å². The van der Waals surface area contributed by atoms with Crippen molar-refractivity contribution in [3.05, 3.63) is 63.9 Å². The molecule has 3 aromatic rings. The lowest BCUT2D eigenvalue weighted by molar-refractivity contribution is -0.116. The molecule has 7 nitrogen and oxygen atoms in total. The Hall–Kier alpha value is -2.52. The third kappa shape index (κ3) is 3.97. The van der Waals surface area contributed by atoms with Gasteiger partial charge >= 0.3 is 0 Å². The largest absolute Gasteiger partial charge is 0.496 e. The third-order valence-corrected chi connectivity index (χ3v) is 6.51. The van der Waals surface area contributed by atoms with E-state index in [1.807, 2.05) is 61.0 Å². The van der Waals surface area contributed by atoms with E-state index < -0.39 is 5.25 Å². The van der Waals surface area contributed by atoms with Crippen LogP contribution in [0.1, 0.15) is 23.0 Å². The number of carbonyl (C=O) groups excluding carboxylic acids is 1. The van der Waals surface area contributed by atoms with Gasteiger partial charge in [0, 0.05) is 5.69 Å². The quantitative estimate of drug-likeness (QED) is 0.594. The normalized spacial score (nSPS) is 17.9. The second-order valence-corrected chi connectivity index (χ2v) is 8.73. The van der Waals surface area contributed by atoms with E-state index in [1.165, 1.54) is 11.8 Å². The number of nitrogens with zero attached hydrogens (tertiary/aromatic N) is 3. The molecule has 0 saturated carbocycles. The summed E-state index contributed by atoms with van der Waals surface area (Å²) in [5.74, 6) is 1.37. The molecule has 1 amide bonds. The summed E-state index contributed by atoms with van der Waals surface area (Å²) in [5.41, 5.74) is 6.21. The standard InChI is InChI=1S/C20H20BrN5O2S/c1-11-5-4-6-14(9-11)22-19(27)18-17(13-7-8-16(28-3)15(21)10-13)25-26-12(2)23-24-20(26)29-18/h4-10,17-18,25H,1-3H3,(H,22,27)/t17-,18-/m0/s1. The van der Waals surface area contributed by atoms with Crippen molar-refractivity contribution in [2.45, 2.75) is 30.3 Å². The number of aromatic nitrogens is 3. The first-order valence-electron chi connectivity index (χ1n) is 9.02. The van der Waals surface area contributed by atoms with E-state index in [9.17, 15) is 4.79 Å². The number of carbonyl (C=O) groups is 1. The second-order valence-electron chi connectivity index (χ2n) is 6.76. The first kappa shape index (κ1) is 19.8. The van der Waals surface area contributed by atoms with Gasteiger partial charge in [0.2, 0.25) is 11.1 Å². The van der Waals surface area contributed by atoms with Gasteiger partial charge in [-0.1, -0.05) is 30.0 Å². The van der Waals surface area contributed by atoms with Crippen molar-refractivity contribution in [1.82, 2.24) is 14.9 Å². The Morgan fingerprint density at radius 2 is 2.07 bits per heavy atom. The summed E-state index contributed by atoms with van der Waals surface area (Å²) in [6.07, 6.45) is 0. The number of methoxy groups -OCH3 is 1. The maximum atomic E-state index is 13.2. The molecule has 9 heteroatoms. The van der Waals surface area contributed by atoms with Gasteiger partial charge in [0.1, 0.15) is 16.8 Å². The molecule has 1 aromatic heterocycles. The predicted octanol–water partition coefficient (Wildman–Crippen LogP) is 4.06. The zero-order valence-corrected chi connectivity index (χ0v) is 18.5. The SMILES string of the molecule is COc1ccc([C@@H]2Nn3c(C)nnc3S[C@@H]2C(=O)Nc2cccc(C)c2)cc1Br. The minimum atomic E-state index is -0.438. The average molecular weight is 474 g/mol. The summed E-state index contributed by atoms with van der Waals surface area (Å²) in [4.78, 5) is 13.2. The van der Waals surface area contributed by atoms with Gasteiger partial charge < -0.3 is 15.5 Å². The number of fused-ring (bicyclic) bond motifs is 1. The zero-order valence-electron chi connectivity index (χ0n) is 16.1. The van der Waals surface area contributed by atoms with Crippen LogP contribution in [0.5, 0.6) is 5.75 Å². The summed E-state index contributed by atoms with van der Waals surface area (Å²) in [5, 5.41) is 11.6. The summed E-state index contributed by atoms with van der Waals surface area (Å²) in [6, 6.07) is 13.3. The molecule has 0 unspecified atom stereocenters. The minimum Gasteiger partial charge on any atom is -0.496 e. The first-order valence-corrected chi connectivity index (χ1v) is 10.7. The number of thioether (sulfide) groups is 1. The van der Waals surface area contributed by atoms with Gasteiger partial charge in [0.15, 0.2) is 0 Å². The molecule has 150 valence electrons. The summed E-state index contributed by atoms with van der Waals surface area (Å²) in [6.45, 7) is 3.87. The van der Waals surface area contributed by atoms with E-state index in [0.717, 1.165) is 32.9 Å². The summed E-state index contributed by atoms with van der Waals surface area (Å²) >= 11 is 4.94. The maximum absolute atomic E-state index is 13.2. The highest BCUT2D eigenvalue weighted by Crippen LogP contribution is 2.39. The van der Waals surface area contributed by atoms with Crippen LogP contribution in [0.4, 0.5) is 5.69 Å². The molecule has 0 bridgehead atoms. The Labute approximate surface area is 181 Å². The highest BCUT2D eigenvalue weighted by atomic mass is 79.9. The molecule has 2 atom stereocenters. The molecule has 29 heavy (non-hydrogen) atoms. The van der Waals surface area contributed by atoms with E-state index in [-0.39, 0.29) is 11.9 Å². The molecule has 0 fully saturated rings. The van der Waals surface area contributed by atoms with Crippen molar-refractivity contribution in [3.63, 3.8) is 0 Å². The van der Waals surface area contributed by atoms with Crippen LogP contribution in [0.15, 0.2) is 52.1 Å². The Balaban J connectivity index is 1.68. The monoisotopic (exact) mass is 473 g/mol. The van der Waals surface area contributed by atoms with Crippen molar-refractivity contribution in [2.75, 3.05) is 17.9 Å². The van der Waals surface area contributed by atoms with Crippen LogP contribution in [0, 0.1) is 13.8 Å². The van der Waals surface area contributed by atoms with Gasteiger partial charge in [-0.3, -0.25) is 4.79 Å². The van der Waals surface area contributed by atoms with Crippen molar-refractivity contribution < 1.29 is 9.53 Å². The zero-order chi connectivity index (χ0) is 20.5. The highest BCUT2D eigenvalue weighted by molar-refractivity contribution is 9.10. The van der Waals surface area contributed by atoms with E-state index >= 15 is 0 Å². The smallest absolute Gasteiger partial charge is 0.240 e. The molecule has 2 N–H and O–H groups in total. The van der Waals surface area contributed by atoms with E-state index in [2.05, 4.69) is 36.9 Å². The molecule has 1 aliphatic heterocycles. The average Bonchev–Trinajstić information content (AvgIpc) is 3.07. The number of amides is 1. The predicted molar refractivity (Wildman–Crippen MR) is 117 cm³/mol. The number of benzene rings is 2. The highest BCUT2D eigenvalue weighted by Gasteiger charge is 2.37. The van der Waals surface area contributed by atoms with Crippen LogP contribution in [-0.4, -0.2) is 33.1 Å². The van der Waals surface area contributed by atoms with E-state index in [1.54, 1.807) is 7.11 Å². The Morgan fingerprint density at radius 3 is 2.79 bits per heavy atom. The fraction of sp³-hybridized carbons (Fsp3) is 0.250. The second kappa shape index (κ2) is 8.08. The number of aryl methyl sites for hydroxylation is 2. The molecule has 2 aromatic carbocycles. The van der Waals surface area contributed by atoms with Gasteiger partial charge in [0.05, 0.1) is 17.6 Å². The Morgan fingerprint density at radius 1 is 1.24 bits per heavy atom. The molecular formula is C20H20BrN5O2S. The minimum absolute atomic E-state index is 0.100. The first-order chi connectivity index (χ1) is 14.0. The van der Waals surface area contributed by atoms with Crippen LogP contribution in [0.3, 0.4) is 0 Å².